The third-order valence-corrected chi connectivity index (χ3v) is 8.01. The Labute approximate surface area is 203 Å². The van der Waals surface area contributed by atoms with Gasteiger partial charge in [0.1, 0.15) is 32.8 Å². The number of nitrogens with one attached hydrogen (secondary N) is 1. The predicted molar refractivity (Wildman–Crippen MR) is 125 cm³/mol. The zero-order valence-electron chi connectivity index (χ0n) is 20.1. The lowest BCUT2D eigenvalue weighted by Crippen LogP contribution is -2.34. The van der Waals surface area contributed by atoms with E-state index in [4.69, 9.17) is 4.74 Å². The number of rotatable bonds is 9. The number of methoxy groups -OCH3 is 1. The van der Waals surface area contributed by atoms with Gasteiger partial charge < -0.3 is 10.1 Å². The number of carbonyl (C=O) groups excluding carboxylic acids is 1. The Morgan fingerprint density at radius 3 is 2.51 bits per heavy atom. The number of carbonyl (C=O) groups is 1. The molecule has 1 aliphatic rings. The monoisotopic (exact) mass is 516 g/mol. The lowest BCUT2D eigenvalue weighted by molar-refractivity contribution is -0.134. The standard InChI is InChI=1S/C23H31F3N4O4S/c1-4-21-29-18(22(31)28-12-15-5-7-17(8-6-15)35(3,32)33)14-30(21)19-13-27-16(11-20(19)34-2)9-10-23(24,25)26/h11,13-15,17H,4-10,12H2,1-3H3,(H,28,31). The second kappa shape index (κ2) is 11.0. The van der Waals surface area contributed by atoms with Gasteiger partial charge in [0.15, 0.2) is 0 Å². The Kier molecular flexibility index (Phi) is 8.45. The first-order chi connectivity index (χ1) is 16.4. The normalized spacial score (nSPS) is 18.9. The van der Waals surface area contributed by atoms with E-state index in [2.05, 4.69) is 15.3 Å². The summed E-state index contributed by atoms with van der Waals surface area (Å²) in [6, 6.07) is 1.47. The fourth-order valence-corrected chi connectivity index (χ4v) is 5.43. The van der Waals surface area contributed by atoms with Gasteiger partial charge in [-0.25, -0.2) is 13.4 Å². The highest BCUT2D eigenvalue weighted by Gasteiger charge is 2.29. The maximum absolute atomic E-state index is 12.8. The van der Waals surface area contributed by atoms with Crippen LogP contribution < -0.4 is 10.1 Å². The van der Waals surface area contributed by atoms with Crippen LogP contribution in [0.1, 0.15) is 61.0 Å². The van der Waals surface area contributed by atoms with Crippen LogP contribution in [0.3, 0.4) is 0 Å². The van der Waals surface area contributed by atoms with Crippen molar-refractivity contribution in [2.45, 2.75) is 63.3 Å². The van der Waals surface area contributed by atoms with E-state index in [-0.39, 0.29) is 34.9 Å². The van der Waals surface area contributed by atoms with E-state index in [1.54, 1.807) is 10.8 Å². The summed E-state index contributed by atoms with van der Waals surface area (Å²) in [6.07, 6.45) is 1.90. The zero-order chi connectivity index (χ0) is 25.8. The number of imidazole rings is 1. The van der Waals surface area contributed by atoms with Crippen LogP contribution in [0.2, 0.25) is 0 Å². The van der Waals surface area contributed by atoms with E-state index in [0.717, 1.165) is 12.8 Å². The summed E-state index contributed by atoms with van der Waals surface area (Å²) in [4.78, 5) is 21.3. The molecule has 2 aromatic heterocycles. The van der Waals surface area contributed by atoms with E-state index < -0.39 is 22.4 Å². The molecule has 35 heavy (non-hydrogen) atoms. The Morgan fingerprint density at radius 1 is 1.26 bits per heavy atom. The van der Waals surface area contributed by atoms with Crippen LogP contribution in [0.5, 0.6) is 5.75 Å². The second-order valence-corrected chi connectivity index (χ2v) is 11.2. The number of nitrogens with zero attached hydrogens (tertiary/aromatic N) is 3. The molecule has 8 nitrogen and oxygen atoms in total. The third kappa shape index (κ3) is 7.18. The molecule has 0 aliphatic heterocycles. The molecule has 3 rings (SSSR count). The largest absolute Gasteiger partial charge is 0.494 e. The number of pyridine rings is 1. The lowest BCUT2D eigenvalue weighted by Gasteiger charge is -2.27. The Hall–Kier alpha value is -2.63. The molecule has 2 aromatic rings. The van der Waals surface area contributed by atoms with Gasteiger partial charge in [-0.3, -0.25) is 14.3 Å². The maximum atomic E-state index is 12.8. The Morgan fingerprint density at radius 2 is 1.94 bits per heavy atom. The van der Waals surface area contributed by atoms with Crippen LogP contribution >= 0.6 is 0 Å². The first-order valence-electron chi connectivity index (χ1n) is 11.6. The van der Waals surface area contributed by atoms with E-state index in [1.165, 1.54) is 25.6 Å². The first kappa shape index (κ1) is 27.0. The van der Waals surface area contributed by atoms with Gasteiger partial charge in [0.25, 0.3) is 5.91 Å². The summed E-state index contributed by atoms with van der Waals surface area (Å²) in [6.45, 7) is 2.31. The van der Waals surface area contributed by atoms with E-state index >= 15 is 0 Å². The van der Waals surface area contributed by atoms with Crippen molar-refractivity contribution < 1.29 is 31.1 Å². The average Bonchev–Trinajstić information content (AvgIpc) is 3.24. The molecule has 0 unspecified atom stereocenters. The molecule has 1 saturated carbocycles. The van der Waals surface area contributed by atoms with E-state index in [9.17, 15) is 26.4 Å². The van der Waals surface area contributed by atoms with Crippen molar-refractivity contribution in [1.29, 1.82) is 0 Å². The minimum atomic E-state index is -4.28. The molecule has 0 radical (unpaired) electrons. The summed E-state index contributed by atoms with van der Waals surface area (Å²) in [7, 11) is -1.62. The van der Waals surface area contributed by atoms with Crippen LogP contribution in [-0.2, 0) is 22.7 Å². The first-order valence-corrected chi connectivity index (χ1v) is 13.5. The molecule has 0 bridgehead atoms. The summed E-state index contributed by atoms with van der Waals surface area (Å²) in [5.74, 6) is 0.765. The Bertz CT molecular complexity index is 1140. The average molecular weight is 517 g/mol. The van der Waals surface area contributed by atoms with Crippen LogP contribution in [-0.4, -0.2) is 60.2 Å². The number of amides is 1. The number of aromatic nitrogens is 3. The van der Waals surface area contributed by atoms with Crippen LogP contribution in [0.15, 0.2) is 18.5 Å². The summed E-state index contributed by atoms with van der Waals surface area (Å²) < 4.78 is 68.2. The second-order valence-electron chi connectivity index (χ2n) is 8.91. The van der Waals surface area contributed by atoms with E-state index in [0.29, 0.717) is 43.1 Å². The smallest absolute Gasteiger partial charge is 0.389 e. The fourth-order valence-electron chi connectivity index (χ4n) is 4.30. The highest BCUT2D eigenvalue weighted by atomic mass is 32.2. The van der Waals surface area contributed by atoms with Crippen molar-refractivity contribution in [2.24, 2.45) is 5.92 Å². The van der Waals surface area contributed by atoms with Gasteiger partial charge in [0, 0.05) is 43.6 Å². The molecule has 0 aromatic carbocycles. The molecule has 1 N–H and O–H groups in total. The molecule has 0 atom stereocenters. The maximum Gasteiger partial charge on any atom is 0.389 e. The molecule has 0 spiro atoms. The van der Waals surface area contributed by atoms with Gasteiger partial charge in [-0.1, -0.05) is 6.92 Å². The number of alkyl halides is 3. The summed E-state index contributed by atoms with van der Waals surface area (Å²) in [5.41, 5.74) is 0.935. The lowest BCUT2D eigenvalue weighted by atomic mass is 9.89. The number of hydrogen-bond donors (Lipinski definition) is 1. The van der Waals surface area contributed by atoms with Gasteiger partial charge in [0.2, 0.25) is 0 Å². The number of halogens is 3. The fraction of sp³-hybridized carbons (Fsp3) is 0.609. The minimum Gasteiger partial charge on any atom is -0.494 e. The number of hydrogen-bond acceptors (Lipinski definition) is 6. The topological polar surface area (TPSA) is 103 Å². The highest BCUT2D eigenvalue weighted by molar-refractivity contribution is 7.91. The van der Waals surface area contributed by atoms with Gasteiger partial charge >= 0.3 is 6.18 Å². The van der Waals surface area contributed by atoms with Crippen molar-refractivity contribution in [3.8, 4) is 11.4 Å². The molecule has 2 heterocycles. The SMILES string of the molecule is CCc1nc(C(=O)NCC2CCC(S(C)(=O)=O)CC2)cn1-c1cnc(CCC(F)(F)F)cc1OC. The third-order valence-electron chi connectivity index (χ3n) is 6.33. The zero-order valence-corrected chi connectivity index (χ0v) is 20.9. The molecular formula is C23H31F3N4O4S. The minimum absolute atomic E-state index is 0.204. The molecule has 0 saturated heterocycles. The molecule has 194 valence electrons. The van der Waals surface area contributed by atoms with Gasteiger partial charge in [-0.05, 0) is 38.0 Å². The van der Waals surface area contributed by atoms with Crippen molar-refractivity contribution >= 4 is 15.7 Å². The number of sulfone groups is 1. The van der Waals surface area contributed by atoms with Crippen molar-refractivity contribution in [3.63, 3.8) is 0 Å². The number of ether oxygens (including phenoxy) is 1. The van der Waals surface area contributed by atoms with Crippen molar-refractivity contribution in [3.05, 3.63) is 35.7 Å². The van der Waals surface area contributed by atoms with Crippen molar-refractivity contribution in [1.82, 2.24) is 19.9 Å². The van der Waals surface area contributed by atoms with Gasteiger partial charge in [-0.15, -0.1) is 0 Å². The summed E-state index contributed by atoms with van der Waals surface area (Å²) >= 11 is 0. The van der Waals surface area contributed by atoms with Gasteiger partial charge in [-0.2, -0.15) is 13.2 Å². The van der Waals surface area contributed by atoms with Crippen molar-refractivity contribution in [2.75, 3.05) is 19.9 Å². The molecule has 1 fully saturated rings. The van der Waals surface area contributed by atoms with Gasteiger partial charge in [0.05, 0.1) is 18.6 Å². The summed E-state index contributed by atoms with van der Waals surface area (Å²) in [5, 5.41) is 2.58. The Balaban J connectivity index is 1.69. The van der Waals surface area contributed by atoms with Crippen LogP contribution in [0.25, 0.3) is 5.69 Å². The van der Waals surface area contributed by atoms with Crippen LogP contribution in [0.4, 0.5) is 13.2 Å². The molecule has 12 heteroatoms. The van der Waals surface area contributed by atoms with E-state index in [1.807, 2.05) is 6.92 Å². The number of aryl methyl sites for hydroxylation is 2. The predicted octanol–water partition coefficient (Wildman–Crippen LogP) is 3.67. The molecular weight excluding hydrogens is 485 g/mol. The molecule has 1 aliphatic carbocycles. The quantitative estimate of drug-likeness (QED) is 0.546. The molecule has 1 amide bonds. The van der Waals surface area contributed by atoms with Crippen LogP contribution in [0, 0.1) is 5.92 Å². The highest BCUT2D eigenvalue weighted by Crippen LogP contribution is 2.29.